The van der Waals surface area contributed by atoms with Gasteiger partial charge in [0.15, 0.2) is 9.84 Å². The number of carbonyl (C=O) groups is 1. The lowest BCUT2D eigenvalue weighted by Gasteiger charge is -2.40. The number of hydrogen-bond donors (Lipinski definition) is 1. The number of rotatable bonds is 3. The highest BCUT2D eigenvalue weighted by Crippen LogP contribution is 2.53. The van der Waals surface area contributed by atoms with E-state index < -0.39 is 27.4 Å². The number of amides is 1. The summed E-state index contributed by atoms with van der Waals surface area (Å²) in [5.74, 6) is -1.14. The minimum atomic E-state index is -4.83. The molecule has 1 aliphatic heterocycles. The van der Waals surface area contributed by atoms with Crippen LogP contribution in [0.1, 0.15) is 64.6 Å². The van der Waals surface area contributed by atoms with Crippen molar-refractivity contribution in [1.29, 1.82) is 0 Å². The van der Waals surface area contributed by atoms with Crippen LogP contribution in [0.4, 0.5) is 29.1 Å². The van der Waals surface area contributed by atoms with Gasteiger partial charge in [-0.25, -0.2) is 17.8 Å². The molecule has 1 amide bonds. The maximum Gasteiger partial charge on any atom is 0.419 e. The van der Waals surface area contributed by atoms with Crippen LogP contribution >= 0.6 is 0 Å². The van der Waals surface area contributed by atoms with Crippen LogP contribution in [0, 0.1) is 5.82 Å². The van der Waals surface area contributed by atoms with E-state index in [0.29, 0.717) is 11.4 Å². The number of halogens is 4. The first-order valence-electron chi connectivity index (χ1n) is 11.2. The fourth-order valence-electron chi connectivity index (χ4n) is 5.38. The van der Waals surface area contributed by atoms with Crippen molar-refractivity contribution in [2.75, 3.05) is 29.9 Å². The number of nitrogens with one attached hydrogen (secondary N) is 1. The normalized spacial score (nSPS) is 23.5. The SMILES string of the molecule is O=C(c1cnc(Nc2ccc(F)c(C(F)(F)F)c2)c2c1C1CCC2CC1)N1CCS(=O)(=O)CC1. The molecule has 182 valence electrons. The summed E-state index contributed by atoms with van der Waals surface area (Å²) in [6.45, 7) is 0.250. The minimum absolute atomic E-state index is 0.0604. The molecule has 0 atom stereocenters. The number of sulfone groups is 1. The van der Waals surface area contributed by atoms with Gasteiger partial charge in [0.2, 0.25) is 0 Å². The van der Waals surface area contributed by atoms with E-state index in [4.69, 9.17) is 0 Å². The molecule has 2 bridgehead atoms. The van der Waals surface area contributed by atoms with Crippen LogP contribution in [-0.4, -0.2) is 48.8 Å². The third kappa shape index (κ3) is 4.14. The summed E-state index contributed by atoms with van der Waals surface area (Å²) in [5.41, 5.74) is 0.821. The van der Waals surface area contributed by atoms with Crippen molar-refractivity contribution in [2.24, 2.45) is 0 Å². The largest absolute Gasteiger partial charge is 0.419 e. The lowest BCUT2D eigenvalue weighted by atomic mass is 9.66. The Kier molecular flexibility index (Phi) is 5.57. The fourth-order valence-corrected chi connectivity index (χ4v) is 6.58. The maximum absolute atomic E-state index is 13.7. The van der Waals surface area contributed by atoms with Gasteiger partial charge in [-0.1, -0.05) is 0 Å². The summed E-state index contributed by atoms with van der Waals surface area (Å²) >= 11 is 0. The fraction of sp³-hybridized carbons (Fsp3) is 0.478. The van der Waals surface area contributed by atoms with Crippen LogP contribution < -0.4 is 5.32 Å². The van der Waals surface area contributed by atoms with Gasteiger partial charge in [-0.3, -0.25) is 4.79 Å². The second kappa shape index (κ2) is 8.21. The average Bonchev–Trinajstić information content (AvgIpc) is 2.80. The van der Waals surface area contributed by atoms with E-state index in [1.165, 1.54) is 17.2 Å². The summed E-state index contributed by atoms with van der Waals surface area (Å²) < 4.78 is 76.8. The number of carbonyl (C=O) groups excluding carboxylic acids is 1. The first-order chi connectivity index (χ1) is 16.0. The molecule has 2 fully saturated rings. The van der Waals surface area contributed by atoms with Gasteiger partial charge in [0.1, 0.15) is 11.6 Å². The quantitative estimate of drug-likeness (QED) is 0.627. The molecule has 2 aromatic rings. The van der Waals surface area contributed by atoms with Gasteiger partial charge < -0.3 is 10.2 Å². The molecule has 34 heavy (non-hydrogen) atoms. The molecule has 0 spiro atoms. The standard InChI is InChI=1S/C23H23F4N3O3S/c24-18-6-5-15(11-17(18)23(25,26)27)29-21-20-14-3-1-13(2-4-14)19(20)16(12-28-21)22(31)30-7-9-34(32,33)10-8-30/h5-6,11-14H,1-4,7-10H2,(H,28,29). The molecule has 3 aliphatic carbocycles. The Bertz CT molecular complexity index is 1240. The lowest BCUT2D eigenvalue weighted by molar-refractivity contribution is -0.139. The van der Waals surface area contributed by atoms with Crippen molar-refractivity contribution >= 4 is 27.2 Å². The molecule has 2 heterocycles. The predicted octanol–water partition coefficient (Wildman–Crippen LogP) is 4.61. The maximum atomic E-state index is 13.7. The van der Waals surface area contributed by atoms with E-state index in [1.807, 2.05) is 0 Å². The number of pyridine rings is 1. The van der Waals surface area contributed by atoms with Crippen LogP contribution in [0.2, 0.25) is 0 Å². The van der Waals surface area contributed by atoms with Crippen molar-refractivity contribution in [1.82, 2.24) is 9.88 Å². The molecule has 4 aliphatic rings. The van der Waals surface area contributed by atoms with Crippen molar-refractivity contribution in [3.8, 4) is 0 Å². The second-order valence-corrected chi connectivity index (χ2v) is 11.5. The molecule has 1 saturated heterocycles. The molecular weight excluding hydrogens is 474 g/mol. The van der Waals surface area contributed by atoms with Crippen LogP contribution in [0.3, 0.4) is 0 Å². The third-order valence-electron chi connectivity index (χ3n) is 7.10. The summed E-state index contributed by atoms with van der Waals surface area (Å²) in [6.07, 6.45) is 0.207. The topological polar surface area (TPSA) is 79.4 Å². The number of alkyl halides is 3. The van der Waals surface area contributed by atoms with Gasteiger partial charge in [0.05, 0.1) is 22.6 Å². The Morgan fingerprint density at radius 2 is 1.65 bits per heavy atom. The van der Waals surface area contributed by atoms with E-state index in [-0.39, 0.29) is 48.0 Å². The first-order valence-corrected chi connectivity index (χ1v) is 13.0. The minimum Gasteiger partial charge on any atom is -0.340 e. The number of aromatic nitrogens is 1. The molecule has 1 aromatic carbocycles. The third-order valence-corrected chi connectivity index (χ3v) is 8.71. The molecule has 0 unspecified atom stereocenters. The van der Waals surface area contributed by atoms with Crippen molar-refractivity contribution in [3.63, 3.8) is 0 Å². The van der Waals surface area contributed by atoms with Gasteiger partial charge in [-0.2, -0.15) is 13.2 Å². The van der Waals surface area contributed by atoms with Gasteiger partial charge in [-0.05, 0) is 61.3 Å². The highest BCUT2D eigenvalue weighted by Gasteiger charge is 2.40. The smallest absolute Gasteiger partial charge is 0.340 e. The zero-order valence-corrected chi connectivity index (χ0v) is 19.0. The van der Waals surface area contributed by atoms with Crippen molar-refractivity contribution < 1.29 is 30.8 Å². The Morgan fingerprint density at radius 3 is 2.26 bits per heavy atom. The second-order valence-electron chi connectivity index (χ2n) is 9.16. The van der Waals surface area contributed by atoms with E-state index in [0.717, 1.165) is 48.9 Å². The Balaban J connectivity index is 1.52. The van der Waals surface area contributed by atoms with Gasteiger partial charge in [-0.15, -0.1) is 0 Å². The van der Waals surface area contributed by atoms with Crippen molar-refractivity contribution in [2.45, 2.75) is 43.7 Å². The number of benzene rings is 1. The average molecular weight is 498 g/mol. The molecule has 1 aromatic heterocycles. The molecule has 1 N–H and O–H groups in total. The molecular formula is C23H23F4N3O3S. The number of fused-ring (bicyclic) bond motifs is 2. The highest BCUT2D eigenvalue weighted by molar-refractivity contribution is 7.91. The Labute approximate surface area is 194 Å². The summed E-state index contributed by atoms with van der Waals surface area (Å²) in [5, 5.41) is 2.93. The van der Waals surface area contributed by atoms with Crippen LogP contribution in [0.25, 0.3) is 0 Å². The van der Waals surface area contributed by atoms with Gasteiger partial charge >= 0.3 is 6.18 Å². The monoisotopic (exact) mass is 497 g/mol. The summed E-state index contributed by atoms with van der Waals surface area (Å²) in [6, 6.07) is 2.72. The van der Waals surface area contributed by atoms with Gasteiger partial charge in [0.25, 0.3) is 5.91 Å². The lowest BCUT2D eigenvalue weighted by Crippen LogP contribution is -2.44. The zero-order valence-electron chi connectivity index (χ0n) is 18.2. The van der Waals surface area contributed by atoms with E-state index in [2.05, 4.69) is 10.3 Å². The molecule has 11 heteroatoms. The van der Waals surface area contributed by atoms with E-state index in [9.17, 15) is 30.8 Å². The van der Waals surface area contributed by atoms with Crippen LogP contribution in [0.15, 0.2) is 24.4 Å². The summed E-state index contributed by atoms with van der Waals surface area (Å²) in [7, 11) is -3.14. The predicted molar refractivity (Wildman–Crippen MR) is 117 cm³/mol. The van der Waals surface area contributed by atoms with Crippen LogP contribution in [0.5, 0.6) is 0 Å². The Hall–Kier alpha value is -2.69. The number of hydrogen-bond acceptors (Lipinski definition) is 5. The van der Waals surface area contributed by atoms with Crippen LogP contribution in [-0.2, 0) is 16.0 Å². The van der Waals surface area contributed by atoms with E-state index >= 15 is 0 Å². The van der Waals surface area contributed by atoms with Gasteiger partial charge in [0, 0.05) is 30.5 Å². The molecule has 6 rings (SSSR count). The molecule has 0 radical (unpaired) electrons. The van der Waals surface area contributed by atoms with E-state index in [1.54, 1.807) is 0 Å². The number of anilines is 2. The zero-order chi connectivity index (χ0) is 24.3. The first kappa shape index (κ1) is 23.1. The highest BCUT2D eigenvalue weighted by atomic mass is 32.2. The molecule has 1 saturated carbocycles. The van der Waals surface area contributed by atoms with Crippen molar-refractivity contribution in [3.05, 3.63) is 52.5 Å². The summed E-state index contributed by atoms with van der Waals surface area (Å²) in [4.78, 5) is 19.3. The molecule has 6 nitrogen and oxygen atoms in total. The number of nitrogens with zero attached hydrogens (tertiary/aromatic N) is 2. The Morgan fingerprint density at radius 1 is 1.03 bits per heavy atom.